The van der Waals surface area contributed by atoms with Crippen molar-refractivity contribution in [3.05, 3.63) is 47.9 Å². The molecule has 0 radical (unpaired) electrons. The van der Waals surface area contributed by atoms with Crippen LogP contribution in [0.3, 0.4) is 0 Å². The van der Waals surface area contributed by atoms with E-state index in [2.05, 4.69) is 10.6 Å². The number of fused-ring (bicyclic) bond motifs is 1. The molecule has 1 unspecified atom stereocenters. The summed E-state index contributed by atoms with van der Waals surface area (Å²) in [7, 11) is 0. The summed E-state index contributed by atoms with van der Waals surface area (Å²) in [5, 5.41) is 5.53. The Balaban J connectivity index is 1.56. The first-order valence-corrected chi connectivity index (χ1v) is 8.38. The van der Waals surface area contributed by atoms with E-state index in [4.69, 9.17) is 13.9 Å². The second-order valence-corrected chi connectivity index (χ2v) is 6.88. The maximum atomic E-state index is 12.3. The molecule has 0 bridgehead atoms. The fraction of sp³-hybridized carbons (Fsp3) is 0.368. The van der Waals surface area contributed by atoms with Crippen molar-refractivity contribution in [2.24, 2.45) is 0 Å². The smallest absolute Gasteiger partial charge is 0.255 e. The fourth-order valence-electron chi connectivity index (χ4n) is 2.62. The molecule has 1 aromatic heterocycles. The SMILES string of the molecule is CC(NC(=O)c1ccoc1)C(=O)NCC(C)(C)c1ccc2c(c1)OCO2. The highest BCUT2D eigenvalue weighted by Crippen LogP contribution is 2.36. The predicted molar refractivity (Wildman–Crippen MR) is 94.2 cm³/mol. The number of hydrogen-bond acceptors (Lipinski definition) is 5. The molecular formula is C19H22N2O5. The number of rotatable bonds is 6. The molecule has 7 heteroatoms. The van der Waals surface area contributed by atoms with Crippen LogP contribution in [0, 0.1) is 0 Å². The normalized spacial score (nSPS) is 14.0. The fourth-order valence-corrected chi connectivity index (χ4v) is 2.62. The lowest BCUT2D eigenvalue weighted by atomic mass is 9.84. The Kier molecular flexibility index (Phi) is 4.88. The number of ether oxygens (including phenoxy) is 2. The molecule has 0 saturated heterocycles. The van der Waals surface area contributed by atoms with Crippen molar-refractivity contribution in [3.8, 4) is 11.5 Å². The van der Waals surface area contributed by atoms with Gasteiger partial charge in [0.25, 0.3) is 5.91 Å². The van der Waals surface area contributed by atoms with E-state index in [1.807, 2.05) is 32.0 Å². The molecule has 138 valence electrons. The van der Waals surface area contributed by atoms with Crippen LogP contribution in [0.15, 0.2) is 41.2 Å². The van der Waals surface area contributed by atoms with Gasteiger partial charge in [-0.2, -0.15) is 0 Å². The summed E-state index contributed by atoms with van der Waals surface area (Å²) in [6.07, 6.45) is 2.75. The highest BCUT2D eigenvalue weighted by atomic mass is 16.7. The van der Waals surface area contributed by atoms with E-state index in [9.17, 15) is 9.59 Å². The van der Waals surface area contributed by atoms with Crippen molar-refractivity contribution in [2.45, 2.75) is 32.2 Å². The lowest BCUT2D eigenvalue weighted by Crippen LogP contribution is -2.47. The highest BCUT2D eigenvalue weighted by molar-refractivity contribution is 5.97. The maximum absolute atomic E-state index is 12.3. The zero-order valence-electron chi connectivity index (χ0n) is 15.0. The zero-order chi connectivity index (χ0) is 18.7. The summed E-state index contributed by atoms with van der Waals surface area (Å²) >= 11 is 0. The molecule has 2 heterocycles. The minimum atomic E-state index is -0.662. The lowest BCUT2D eigenvalue weighted by Gasteiger charge is -2.27. The Morgan fingerprint density at radius 2 is 1.96 bits per heavy atom. The summed E-state index contributed by atoms with van der Waals surface area (Å²) in [4.78, 5) is 24.3. The number of nitrogens with one attached hydrogen (secondary N) is 2. The van der Waals surface area contributed by atoms with E-state index in [1.165, 1.54) is 12.5 Å². The largest absolute Gasteiger partial charge is 0.472 e. The Bertz CT molecular complexity index is 798. The van der Waals surface area contributed by atoms with Gasteiger partial charge in [-0.05, 0) is 30.7 Å². The molecule has 26 heavy (non-hydrogen) atoms. The number of benzene rings is 1. The third-order valence-electron chi connectivity index (χ3n) is 4.38. The predicted octanol–water partition coefficient (Wildman–Crippen LogP) is 2.22. The first kappa shape index (κ1) is 17.8. The summed E-state index contributed by atoms with van der Waals surface area (Å²) in [5.41, 5.74) is 1.09. The average molecular weight is 358 g/mol. The van der Waals surface area contributed by atoms with Gasteiger partial charge in [-0.15, -0.1) is 0 Å². The standard InChI is InChI=1S/C19H22N2O5/c1-12(21-18(23)13-6-7-24-9-13)17(22)20-10-19(2,3)14-4-5-15-16(8-14)26-11-25-15/h4-9,12H,10-11H2,1-3H3,(H,20,22)(H,21,23). The van der Waals surface area contributed by atoms with Crippen LogP contribution in [0.5, 0.6) is 11.5 Å². The van der Waals surface area contributed by atoms with E-state index >= 15 is 0 Å². The molecule has 0 fully saturated rings. The van der Waals surface area contributed by atoms with Gasteiger partial charge in [0.2, 0.25) is 12.7 Å². The average Bonchev–Trinajstić information content (AvgIpc) is 3.30. The van der Waals surface area contributed by atoms with Gasteiger partial charge >= 0.3 is 0 Å². The van der Waals surface area contributed by atoms with Crippen LogP contribution in [0.2, 0.25) is 0 Å². The Morgan fingerprint density at radius 1 is 1.19 bits per heavy atom. The first-order valence-electron chi connectivity index (χ1n) is 8.38. The third kappa shape index (κ3) is 3.82. The molecule has 3 rings (SSSR count). The number of hydrogen-bond donors (Lipinski definition) is 2. The minimum Gasteiger partial charge on any atom is -0.472 e. The second kappa shape index (κ2) is 7.11. The van der Waals surface area contributed by atoms with Crippen LogP contribution < -0.4 is 20.1 Å². The van der Waals surface area contributed by atoms with Gasteiger partial charge in [-0.3, -0.25) is 9.59 Å². The maximum Gasteiger partial charge on any atom is 0.255 e. The van der Waals surface area contributed by atoms with Crippen molar-refractivity contribution in [2.75, 3.05) is 13.3 Å². The Morgan fingerprint density at radius 3 is 2.69 bits per heavy atom. The topological polar surface area (TPSA) is 89.8 Å². The van der Waals surface area contributed by atoms with Crippen molar-refractivity contribution in [3.63, 3.8) is 0 Å². The first-order chi connectivity index (χ1) is 12.4. The van der Waals surface area contributed by atoms with Gasteiger partial charge in [0.05, 0.1) is 11.8 Å². The van der Waals surface area contributed by atoms with Crippen LogP contribution >= 0.6 is 0 Å². The van der Waals surface area contributed by atoms with Gasteiger partial charge < -0.3 is 24.5 Å². The third-order valence-corrected chi connectivity index (χ3v) is 4.38. The molecule has 2 aromatic rings. The van der Waals surface area contributed by atoms with Gasteiger partial charge in [0.15, 0.2) is 11.5 Å². The molecule has 2 amide bonds. The van der Waals surface area contributed by atoms with E-state index in [-0.39, 0.29) is 24.0 Å². The molecule has 7 nitrogen and oxygen atoms in total. The van der Waals surface area contributed by atoms with E-state index in [1.54, 1.807) is 13.0 Å². The summed E-state index contributed by atoms with van der Waals surface area (Å²) in [6, 6.07) is 6.64. The van der Waals surface area contributed by atoms with Crippen molar-refractivity contribution < 1.29 is 23.5 Å². The number of furan rings is 1. The molecule has 2 N–H and O–H groups in total. The molecule has 0 spiro atoms. The van der Waals surface area contributed by atoms with Crippen molar-refractivity contribution >= 4 is 11.8 Å². The molecule has 1 atom stereocenters. The summed E-state index contributed by atoms with van der Waals surface area (Å²) in [5.74, 6) is 0.832. The number of carbonyl (C=O) groups is 2. The summed E-state index contributed by atoms with van der Waals surface area (Å²) in [6.45, 7) is 6.33. The minimum absolute atomic E-state index is 0.226. The quantitative estimate of drug-likeness (QED) is 0.826. The Hall–Kier alpha value is -2.96. The van der Waals surface area contributed by atoms with E-state index in [0.717, 1.165) is 11.3 Å². The second-order valence-electron chi connectivity index (χ2n) is 6.88. The van der Waals surface area contributed by atoms with Gasteiger partial charge in [-0.1, -0.05) is 19.9 Å². The summed E-state index contributed by atoms with van der Waals surface area (Å²) < 4.78 is 15.6. The van der Waals surface area contributed by atoms with Gasteiger partial charge in [0, 0.05) is 12.0 Å². The van der Waals surface area contributed by atoms with Crippen molar-refractivity contribution in [1.29, 1.82) is 0 Å². The highest BCUT2D eigenvalue weighted by Gasteiger charge is 2.26. The number of amides is 2. The molecule has 0 saturated carbocycles. The molecule has 0 aliphatic carbocycles. The molecular weight excluding hydrogens is 336 g/mol. The molecule has 1 aliphatic heterocycles. The van der Waals surface area contributed by atoms with Crippen LogP contribution in [-0.2, 0) is 10.2 Å². The zero-order valence-corrected chi connectivity index (χ0v) is 15.0. The Labute approximate surface area is 151 Å². The van der Waals surface area contributed by atoms with Crippen LogP contribution in [0.1, 0.15) is 36.7 Å². The van der Waals surface area contributed by atoms with E-state index < -0.39 is 6.04 Å². The van der Waals surface area contributed by atoms with Crippen LogP contribution in [0.4, 0.5) is 0 Å². The van der Waals surface area contributed by atoms with Gasteiger partial charge in [-0.25, -0.2) is 0 Å². The van der Waals surface area contributed by atoms with Crippen molar-refractivity contribution in [1.82, 2.24) is 10.6 Å². The monoisotopic (exact) mass is 358 g/mol. The van der Waals surface area contributed by atoms with E-state index in [0.29, 0.717) is 17.9 Å². The van der Waals surface area contributed by atoms with Gasteiger partial charge in [0.1, 0.15) is 12.3 Å². The van der Waals surface area contributed by atoms with Crippen LogP contribution in [0.25, 0.3) is 0 Å². The number of carbonyl (C=O) groups excluding carboxylic acids is 2. The molecule has 1 aromatic carbocycles. The lowest BCUT2D eigenvalue weighted by molar-refractivity contribution is -0.122. The van der Waals surface area contributed by atoms with Crippen LogP contribution in [-0.4, -0.2) is 31.2 Å². The molecule has 1 aliphatic rings.